The van der Waals surface area contributed by atoms with Crippen molar-refractivity contribution in [3.63, 3.8) is 0 Å². The number of benzene rings is 6. The molecule has 0 radical (unpaired) electrons. The van der Waals surface area contributed by atoms with Gasteiger partial charge in [-0.25, -0.2) is 0 Å². The summed E-state index contributed by atoms with van der Waals surface area (Å²) in [6.07, 6.45) is 0. The van der Waals surface area contributed by atoms with E-state index < -0.39 is 0 Å². The fraction of sp³-hybridized carbons (Fsp3) is 0. The molecule has 41 heavy (non-hydrogen) atoms. The molecule has 0 aliphatic heterocycles. The Balaban J connectivity index is 1.40. The highest BCUT2D eigenvalue weighted by molar-refractivity contribution is 6.07. The summed E-state index contributed by atoms with van der Waals surface area (Å²) in [5.74, 6) is 0. The Bertz CT molecular complexity index is 2100. The lowest BCUT2D eigenvalue weighted by atomic mass is 9.88. The van der Waals surface area contributed by atoms with Crippen molar-refractivity contribution in [2.45, 2.75) is 0 Å². The molecule has 0 spiro atoms. The molecule has 7 rings (SSSR count). The van der Waals surface area contributed by atoms with Crippen molar-refractivity contribution in [1.29, 1.82) is 10.5 Å². The van der Waals surface area contributed by atoms with Crippen LogP contribution in [-0.4, -0.2) is 0 Å². The smallest absolute Gasteiger partial charge is 0.136 e. The molecule has 1 aromatic heterocycles. The maximum Gasteiger partial charge on any atom is 0.136 e. The number of nitrogens with zero attached hydrogens (tertiary/aromatic N) is 2. The second-order valence-electron chi connectivity index (χ2n) is 10.0. The molecule has 0 saturated heterocycles. The van der Waals surface area contributed by atoms with E-state index in [4.69, 9.17) is 4.42 Å². The van der Waals surface area contributed by atoms with Crippen LogP contribution >= 0.6 is 0 Å². The summed E-state index contributed by atoms with van der Waals surface area (Å²) < 4.78 is 6.28. The number of furan rings is 1. The highest BCUT2D eigenvalue weighted by Crippen LogP contribution is 2.39. The van der Waals surface area contributed by atoms with Crippen LogP contribution < -0.4 is 0 Å². The van der Waals surface area contributed by atoms with E-state index in [0.717, 1.165) is 66.4 Å². The predicted molar refractivity (Wildman–Crippen MR) is 165 cm³/mol. The van der Waals surface area contributed by atoms with Gasteiger partial charge in [-0.3, -0.25) is 0 Å². The highest BCUT2D eigenvalue weighted by Gasteiger charge is 2.16. The molecule has 1 heterocycles. The van der Waals surface area contributed by atoms with Crippen molar-refractivity contribution in [1.82, 2.24) is 0 Å². The monoisotopic (exact) mass is 522 g/mol. The first-order chi connectivity index (χ1) is 20.2. The summed E-state index contributed by atoms with van der Waals surface area (Å²) in [6.45, 7) is 0. The van der Waals surface area contributed by atoms with E-state index in [-0.39, 0.29) is 0 Å². The molecule has 190 valence electrons. The average Bonchev–Trinajstić information content (AvgIpc) is 3.42. The Hall–Kier alpha value is -5.90. The zero-order valence-corrected chi connectivity index (χ0v) is 22.0. The van der Waals surface area contributed by atoms with Gasteiger partial charge < -0.3 is 4.42 Å². The number of rotatable bonds is 4. The summed E-state index contributed by atoms with van der Waals surface area (Å²) in [5, 5.41) is 21.6. The zero-order chi connectivity index (χ0) is 27.8. The Labute approximate surface area is 237 Å². The van der Waals surface area contributed by atoms with Crippen LogP contribution in [0.3, 0.4) is 0 Å². The van der Waals surface area contributed by atoms with Gasteiger partial charge in [0.2, 0.25) is 0 Å². The fourth-order valence-corrected chi connectivity index (χ4v) is 5.52. The van der Waals surface area contributed by atoms with Gasteiger partial charge in [0.25, 0.3) is 0 Å². The molecule has 6 aromatic carbocycles. The van der Waals surface area contributed by atoms with Gasteiger partial charge in [0.1, 0.15) is 17.2 Å². The van der Waals surface area contributed by atoms with E-state index in [1.165, 1.54) is 0 Å². The van der Waals surface area contributed by atoms with E-state index in [1.54, 1.807) is 6.07 Å². The summed E-state index contributed by atoms with van der Waals surface area (Å²) in [6, 6.07) is 49.1. The zero-order valence-electron chi connectivity index (χ0n) is 22.0. The van der Waals surface area contributed by atoms with Crippen LogP contribution in [0.2, 0.25) is 0 Å². The maximum atomic E-state index is 10.3. The summed E-state index contributed by atoms with van der Waals surface area (Å²) in [7, 11) is 0. The van der Waals surface area contributed by atoms with Crippen molar-refractivity contribution < 1.29 is 4.42 Å². The van der Waals surface area contributed by atoms with E-state index in [2.05, 4.69) is 48.5 Å². The molecule has 0 amide bonds. The van der Waals surface area contributed by atoms with E-state index >= 15 is 0 Å². The minimum atomic E-state index is 0.629. The molecule has 0 saturated carbocycles. The Morgan fingerprint density at radius 1 is 0.415 bits per heavy atom. The van der Waals surface area contributed by atoms with Crippen molar-refractivity contribution in [2.75, 3.05) is 0 Å². The predicted octanol–water partition coefficient (Wildman–Crippen LogP) is 10.00. The first-order valence-electron chi connectivity index (χ1n) is 13.4. The summed E-state index contributed by atoms with van der Waals surface area (Å²) in [4.78, 5) is 0. The van der Waals surface area contributed by atoms with E-state index in [1.807, 2.05) is 91.0 Å². The average molecular weight is 523 g/mol. The van der Waals surface area contributed by atoms with Crippen LogP contribution in [0.15, 0.2) is 138 Å². The minimum Gasteiger partial charge on any atom is -0.456 e. The lowest BCUT2D eigenvalue weighted by Crippen LogP contribution is -1.92. The normalized spacial score (nSPS) is 10.9. The summed E-state index contributed by atoms with van der Waals surface area (Å²) in [5.41, 5.74) is 10.8. The summed E-state index contributed by atoms with van der Waals surface area (Å²) >= 11 is 0. The van der Waals surface area contributed by atoms with Gasteiger partial charge in [-0.15, -0.1) is 0 Å². The van der Waals surface area contributed by atoms with Crippen LogP contribution in [-0.2, 0) is 0 Å². The Kier molecular flexibility index (Phi) is 5.90. The lowest BCUT2D eigenvalue weighted by Gasteiger charge is -2.14. The SMILES string of the molecule is N#Cc1cccc(-c2ccc3c(c2)oc2ccc(-c4cc(-c5ccccc5)c(C#N)c(-c5ccccc5)c4)cc23)c1. The molecule has 0 aliphatic rings. The molecule has 3 nitrogen and oxygen atoms in total. The van der Waals surface area contributed by atoms with E-state index in [9.17, 15) is 10.5 Å². The molecule has 0 fully saturated rings. The molecule has 0 unspecified atom stereocenters. The van der Waals surface area contributed by atoms with Gasteiger partial charge >= 0.3 is 0 Å². The van der Waals surface area contributed by atoms with Crippen LogP contribution in [0.25, 0.3) is 66.4 Å². The topological polar surface area (TPSA) is 60.7 Å². The van der Waals surface area contributed by atoms with Crippen LogP contribution in [0, 0.1) is 22.7 Å². The molecule has 0 atom stereocenters. The second-order valence-corrected chi connectivity index (χ2v) is 10.0. The lowest BCUT2D eigenvalue weighted by molar-refractivity contribution is 0.669. The van der Waals surface area contributed by atoms with Gasteiger partial charge in [-0.2, -0.15) is 10.5 Å². The largest absolute Gasteiger partial charge is 0.456 e. The highest BCUT2D eigenvalue weighted by atomic mass is 16.3. The number of hydrogen-bond donors (Lipinski definition) is 0. The van der Waals surface area contributed by atoms with E-state index in [0.29, 0.717) is 11.1 Å². The number of hydrogen-bond acceptors (Lipinski definition) is 3. The minimum absolute atomic E-state index is 0.629. The molecule has 0 aliphatic carbocycles. The van der Waals surface area contributed by atoms with Crippen molar-refractivity contribution in [2.24, 2.45) is 0 Å². The third-order valence-electron chi connectivity index (χ3n) is 7.55. The standard InChI is InChI=1S/C38H22N2O/c39-23-25-8-7-13-28(18-25)30-14-16-32-35-19-29(15-17-37(35)41-38(32)22-30)31-20-33(26-9-3-1-4-10-26)36(24-40)34(21-31)27-11-5-2-6-12-27/h1-22H. The maximum absolute atomic E-state index is 10.3. The Morgan fingerprint density at radius 2 is 1.02 bits per heavy atom. The molecule has 3 heteroatoms. The van der Waals surface area contributed by atoms with Gasteiger partial charge in [0.15, 0.2) is 0 Å². The van der Waals surface area contributed by atoms with Crippen LogP contribution in [0.1, 0.15) is 11.1 Å². The third-order valence-corrected chi connectivity index (χ3v) is 7.55. The Morgan fingerprint density at radius 3 is 1.68 bits per heavy atom. The van der Waals surface area contributed by atoms with Gasteiger partial charge in [0, 0.05) is 21.9 Å². The molecule has 0 bridgehead atoms. The molecular formula is C38H22N2O. The first-order valence-corrected chi connectivity index (χ1v) is 13.4. The van der Waals surface area contributed by atoms with Crippen molar-refractivity contribution in [3.8, 4) is 56.6 Å². The van der Waals surface area contributed by atoms with Gasteiger partial charge in [-0.1, -0.05) is 84.9 Å². The van der Waals surface area contributed by atoms with Crippen LogP contribution in [0.5, 0.6) is 0 Å². The van der Waals surface area contributed by atoms with Gasteiger partial charge in [0.05, 0.1) is 17.2 Å². The van der Waals surface area contributed by atoms with Crippen LogP contribution in [0.4, 0.5) is 0 Å². The molecular weight excluding hydrogens is 500 g/mol. The second kappa shape index (κ2) is 10.0. The first kappa shape index (κ1) is 24.2. The quantitative estimate of drug-likeness (QED) is 0.231. The molecule has 7 aromatic rings. The van der Waals surface area contributed by atoms with Crippen molar-refractivity contribution in [3.05, 3.63) is 145 Å². The fourth-order valence-electron chi connectivity index (χ4n) is 5.52. The third kappa shape index (κ3) is 4.33. The number of nitriles is 2. The van der Waals surface area contributed by atoms with Crippen molar-refractivity contribution >= 4 is 21.9 Å². The van der Waals surface area contributed by atoms with Gasteiger partial charge in [-0.05, 0) is 81.9 Å². The molecule has 0 N–H and O–H groups in total. The number of fused-ring (bicyclic) bond motifs is 3.